The summed E-state index contributed by atoms with van der Waals surface area (Å²) in [7, 11) is 1.84. The lowest BCUT2D eigenvalue weighted by atomic mass is 9.75. The van der Waals surface area contributed by atoms with E-state index in [1.54, 1.807) is 0 Å². The predicted octanol–water partition coefficient (Wildman–Crippen LogP) is 4.35. The van der Waals surface area contributed by atoms with Crippen LogP contribution in [0.3, 0.4) is 0 Å². The molecule has 1 aliphatic rings. The molecule has 0 aliphatic heterocycles. The topological polar surface area (TPSA) is 34.4 Å². The van der Waals surface area contributed by atoms with Crippen molar-refractivity contribution in [1.29, 1.82) is 0 Å². The molecule has 1 N–H and O–H groups in total. The van der Waals surface area contributed by atoms with E-state index in [2.05, 4.69) is 43.4 Å². The zero-order valence-corrected chi connectivity index (χ0v) is 13.2. The van der Waals surface area contributed by atoms with Gasteiger partial charge in [0.2, 0.25) is 0 Å². The first-order valence-corrected chi connectivity index (χ1v) is 7.95. The second kappa shape index (κ2) is 5.82. The molecule has 0 saturated heterocycles. The van der Waals surface area contributed by atoms with Crippen LogP contribution in [0.5, 0.6) is 0 Å². The van der Waals surface area contributed by atoms with Gasteiger partial charge in [0.05, 0.1) is 11.6 Å². The van der Waals surface area contributed by atoms with Crippen LogP contribution in [0.15, 0.2) is 28.7 Å². The van der Waals surface area contributed by atoms with Gasteiger partial charge in [-0.2, -0.15) is 0 Å². The summed E-state index contributed by atoms with van der Waals surface area (Å²) in [5.74, 6) is 1.03. The molecule has 1 aromatic carbocycles. The standard InChI is InChI=1S/C18H25NO2/c1-4-19-15(12-18(20-3)9-6-10-18)16-11-14-8-5-7-13(2)17(14)21-16/h5,7-8,11,15,19H,4,6,9-10,12H2,1-3H3. The largest absolute Gasteiger partial charge is 0.459 e. The first-order valence-electron chi connectivity index (χ1n) is 7.95. The Hall–Kier alpha value is -1.32. The Morgan fingerprint density at radius 1 is 1.38 bits per heavy atom. The molecule has 1 heterocycles. The minimum atomic E-state index is 0.0425. The Kier molecular flexibility index (Phi) is 4.05. The summed E-state index contributed by atoms with van der Waals surface area (Å²) in [5, 5.41) is 4.75. The number of para-hydroxylation sites is 1. The van der Waals surface area contributed by atoms with Crippen LogP contribution in [0, 0.1) is 6.92 Å². The molecular formula is C18H25NO2. The molecule has 3 nitrogen and oxygen atoms in total. The van der Waals surface area contributed by atoms with Crippen molar-refractivity contribution in [3.63, 3.8) is 0 Å². The van der Waals surface area contributed by atoms with Gasteiger partial charge < -0.3 is 14.5 Å². The van der Waals surface area contributed by atoms with Crippen LogP contribution in [-0.2, 0) is 4.74 Å². The Morgan fingerprint density at radius 3 is 2.76 bits per heavy atom. The second-order valence-corrected chi connectivity index (χ2v) is 6.20. The molecule has 0 bridgehead atoms. The van der Waals surface area contributed by atoms with Crippen LogP contribution in [0.2, 0.25) is 0 Å². The van der Waals surface area contributed by atoms with Crippen molar-refractivity contribution in [3.8, 4) is 0 Å². The van der Waals surface area contributed by atoms with Gasteiger partial charge in [0.15, 0.2) is 0 Å². The first kappa shape index (κ1) is 14.6. The molecule has 0 radical (unpaired) electrons. The van der Waals surface area contributed by atoms with Gasteiger partial charge in [-0.3, -0.25) is 0 Å². The highest BCUT2D eigenvalue weighted by molar-refractivity contribution is 5.81. The molecule has 1 saturated carbocycles. The van der Waals surface area contributed by atoms with Crippen molar-refractivity contribution in [2.24, 2.45) is 0 Å². The summed E-state index contributed by atoms with van der Waals surface area (Å²) in [4.78, 5) is 0. The quantitative estimate of drug-likeness (QED) is 0.857. The zero-order chi connectivity index (χ0) is 14.9. The monoisotopic (exact) mass is 287 g/mol. The maximum absolute atomic E-state index is 6.15. The molecule has 0 amide bonds. The predicted molar refractivity (Wildman–Crippen MR) is 85.6 cm³/mol. The molecule has 1 aromatic heterocycles. The van der Waals surface area contributed by atoms with E-state index in [0.717, 1.165) is 37.2 Å². The van der Waals surface area contributed by atoms with Gasteiger partial charge in [0.1, 0.15) is 11.3 Å². The normalized spacial score (nSPS) is 18.6. The lowest BCUT2D eigenvalue weighted by molar-refractivity contribution is -0.0847. The van der Waals surface area contributed by atoms with Crippen LogP contribution in [0.4, 0.5) is 0 Å². The molecule has 2 aromatic rings. The maximum atomic E-state index is 6.15. The molecule has 114 valence electrons. The minimum absolute atomic E-state index is 0.0425. The number of aryl methyl sites for hydroxylation is 1. The van der Waals surface area contributed by atoms with Crippen LogP contribution in [-0.4, -0.2) is 19.3 Å². The fraction of sp³-hybridized carbons (Fsp3) is 0.556. The van der Waals surface area contributed by atoms with Crippen LogP contribution in [0.25, 0.3) is 11.0 Å². The van der Waals surface area contributed by atoms with Crippen molar-refractivity contribution in [2.75, 3.05) is 13.7 Å². The molecule has 3 heteroatoms. The number of furan rings is 1. The van der Waals surface area contributed by atoms with E-state index in [1.807, 2.05) is 7.11 Å². The summed E-state index contributed by atoms with van der Waals surface area (Å²) in [6, 6.07) is 8.70. The van der Waals surface area contributed by atoms with Gasteiger partial charge >= 0.3 is 0 Å². The third kappa shape index (κ3) is 2.72. The highest BCUT2D eigenvalue weighted by Crippen LogP contribution is 2.42. The highest BCUT2D eigenvalue weighted by Gasteiger charge is 2.40. The first-order chi connectivity index (χ1) is 10.2. The Bertz CT molecular complexity index is 607. The number of hydrogen-bond acceptors (Lipinski definition) is 3. The zero-order valence-electron chi connectivity index (χ0n) is 13.2. The average molecular weight is 287 g/mol. The van der Waals surface area contributed by atoms with Crippen molar-refractivity contribution < 1.29 is 9.15 Å². The van der Waals surface area contributed by atoms with Gasteiger partial charge in [-0.25, -0.2) is 0 Å². The Balaban J connectivity index is 1.89. The number of nitrogens with one attached hydrogen (secondary N) is 1. The molecule has 0 spiro atoms. The minimum Gasteiger partial charge on any atom is -0.459 e. The Morgan fingerprint density at radius 2 is 2.19 bits per heavy atom. The van der Waals surface area contributed by atoms with E-state index in [0.29, 0.717) is 0 Å². The van der Waals surface area contributed by atoms with E-state index in [-0.39, 0.29) is 11.6 Å². The van der Waals surface area contributed by atoms with Crippen molar-refractivity contribution in [3.05, 3.63) is 35.6 Å². The smallest absolute Gasteiger partial charge is 0.137 e. The highest BCUT2D eigenvalue weighted by atomic mass is 16.5. The SMILES string of the molecule is CCNC(CC1(OC)CCC1)c1cc2cccc(C)c2o1. The number of benzene rings is 1. The number of methoxy groups -OCH3 is 1. The van der Waals surface area contributed by atoms with E-state index < -0.39 is 0 Å². The third-order valence-corrected chi connectivity index (χ3v) is 4.83. The molecule has 3 rings (SSSR count). The maximum Gasteiger partial charge on any atom is 0.137 e. The molecule has 1 fully saturated rings. The molecular weight excluding hydrogens is 262 g/mol. The van der Waals surface area contributed by atoms with Gasteiger partial charge in [0.25, 0.3) is 0 Å². The third-order valence-electron chi connectivity index (χ3n) is 4.83. The second-order valence-electron chi connectivity index (χ2n) is 6.20. The van der Waals surface area contributed by atoms with Crippen molar-refractivity contribution in [2.45, 2.75) is 51.2 Å². The van der Waals surface area contributed by atoms with Gasteiger partial charge in [0, 0.05) is 12.5 Å². The van der Waals surface area contributed by atoms with Crippen LogP contribution < -0.4 is 5.32 Å². The summed E-state index contributed by atoms with van der Waals surface area (Å²) in [6.45, 7) is 5.17. The van der Waals surface area contributed by atoms with Crippen molar-refractivity contribution in [1.82, 2.24) is 5.32 Å². The van der Waals surface area contributed by atoms with Gasteiger partial charge in [-0.05, 0) is 50.8 Å². The van der Waals surface area contributed by atoms with Crippen molar-refractivity contribution >= 4 is 11.0 Å². The number of hydrogen-bond donors (Lipinski definition) is 1. The summed E-state index contributed by atoms with van der Waals surface area (Å²) in [5.41, 5.74) is 2.25. The lowest BCUT2D eigenvalue weighted by Crippen LogP contribution is -2.42. The van der Waals surface area contributed by atoms with Crippen LogP contribution in [0.1, 0.15) is 50.0 Å². The molecule has 21 heavy (non-hydrogen) atoms. The van der Waals surface area contributed by atoms with E-state index in [1.165, 1.54) is 17.4 Å². The number of fused-ring (bicyclic) bond motifs is 1. The van der Waals surface area contributed by atoms with E-state index in [9.17, 15) is 0 Å². The van der Waals surface area contributed by atoms with E-state index in [4.69, 9.17) is 9.15 Å². The van der Waals surface area contributed by atoms with Gasteiger partial charge in [-0.15, -0.1) is 0 Å². The summed E-state index contributed by atoms with van der Waals surface area (Å²) < 4.78 is 11.9. The average Bonchev–Trinajstić information content (AvgIpc) is 2.87. The number of rotatable bonds is 6. The molecule has 1 atom stereocenters. The summed E-state index contributed by atoms with van der Waals surface area (Å²) in [6.07, 6.45) is 4.57. The summed E-state index contributed by atoms with van der Waals surface area (Å²) >= 11 is 0. The number of ether oxygens (including phenoxy) is 1. The Labute approximate surface area is 126 Å². The fourth-order valence-corrected chi connectivity index (χ4v) is 3.35. The van der Waals surface area contributed by atoms with Gasteiger partial charge in [-0.1, -0.05) is 25.1 Å². The van der Waals surface area contributed by atoms with E-state index >= 15 is 0 Å². The fourth-order valence-electron chi connectivity index (χ4n) is 3.35. The molecule has 1 aliphatic carbocycles. The van der Waals surface area contributed by atoms with Crippen LogP contribution >= 0.6 is 0 Å². The molecule has 1 unspecified atom stereocenters. The lowest BCUT2D eigenvalue weighted by Gasteiger charge is -2.42.